The fourth-order valence-corrected chi connectivity index (χ4v) is 2.40. The second kappa shape index (κ2) is 8.45. The molecule has 0 fully saturated rings. The van der Waals surface area contributed by atoms with Crippen molar-refractivity contribution in [1.82, 2.24) is 5.32 Å². The van der Waals surface area contributed by atoms with Crippen LogP contribution in [0.5, 0.6) is 0 Å². The molecule has 2 N–H and O–H groups in total. The third-order valence-corrected chi connectivity index (χ3v) is 3.51. The number of ether oxygens (including phenoxy) is 1. The minimum atomic E-state index is -0.297. The molecule has 120 valence electrons. The third-order valence-electron chi connectivity index (χ3n) is 3.02. The van der Waals surface area contributed by atoms with Gasteiger partial charge in [-0.2, -0.15) is 0 Å². The first-order chi connectivity index (χ1) is 11.1. The lowest BCUT2D eigenvalue weighted by atomic mass is 10.2. The molecule has 0 aromatic heterocycles. The van der Waals surface area contributed by atoms with Crippen molar-refractivity contribution in [2.24, 2.45) is 0 Å². The molecule has 0 saturated carbocycles. The van der Waals surface area contributed by atoms with E-state index in [9.17, 15) is 9.59 Å². The van der Waals surface area contributed by atoms with Gasteiger partial charge in [-0.05, 0) is 35.9 Å². The number of carbonyl (C=O) groups is 2. The van der Waals surface area contributed by atoms with E-state index in [1.54, 1.807) is 31.4 Å². The van der Waals surface area contributed by atoms with E-state index in [0.29, 0.717) is 17.9 Å². The van der Waals surface area contributed by atoms with Crippen molar-refractivity contribution in [1.29, 1.82) is 0 Å². The number of nitrogens with one attached hydrogen (secondary N) is 2. The van der Waals surface area contributed by atoms with Crippen LogP contribution in [0.1, 0.15) is 15.9 Å². The Morgan fingerprint density at radius 1 is 1.13 bits per heavy atom. The summed E-state index contributed by atoms with van der Waals surface area (Å²) in [5.74, 6) is -0.586. The van der Waals surface area contributed by atoms with Crippen molar-refractivity contribution >= 4 is 33.4 Å². The van der Waals surface area contributed by atoms with E-state index in [0.717, 1.165) is 10.0 Å². The average molecular weight is 377 g/mol. The minimum Gasteiger partial charge on any atom is -0.380 e. The second-order valence-electron chi connectivity index (χ2n) is 4.87. The van der Waals surface area contributed by atoms with Gasteiger partial charge >= 0.3 is 0 Å². The zero-order valence-corrected chi connectivity index (χ0v) is 14.2. The standard InChI is InChI=1S/C17H17BrN2O3/c1-23-11-12-4-2-7-15(8-12)20-16(21)10-19-17(22)13-5-3-6-14(18)9-13/h2-9H,10-11H2,1H3,(H,19,22)(H,20,21). The number of rotatable bonds is 6. The van der Waals surface area contributed by atoms with Crippen LogP contribution in [-0.2, 0) is 16.1 Å². The van der Waals surface area contributed by atoms with Crippen LogP contribution in [-0.4, -0.2) is 25.5 Å². The second-order valence-corrected chi connectivity index (χ2v) is 5.79. The summed E-state index contributed by atoms with van der Waals surface area (Å²) < 4.78 is 5.86. The van der Waals surface area contributed by atoms with Crippen molar-refractivity contribution in [2.45, 2.75) is 6.61 Å². The van der Waals surface area contributed by atoms with Gasteiger partial charge in [0.1, 0.15) is 0 Å². The highest BCUT2D eigenvalue weighted by Gasteiger charge is 2.08. The number of amides is 2. The van der Waals surface area contributed by atoms with Gasteiger partial charge in [-0.3, -0.25) is 9.59 Å². The number of hydrogen-bond donors (Lipinski definition) is 2. The van der Waals surface area contributed by atoms with Crippen LogP contribution in [0.25, 0.3) is 0 Å². The molecule has 5 nitrogen and oxygen atoms in total. The maximum atomic E-state index is 12.0. The van der Waals surface area contributed by atoms with E-state index in [1.165, 1.54) is 0 Å². The molecule has 0 saturated heterocycles. The van der Waals surface area contributed by atoms with Gasteiger partial charge in [-0.25, -0.2) is 0 Å². The Labute approximate surface area is 143 Å². The SMILES string of the molecule is COCc1cccc(NC(=O)CNC(=O)c2cccc(Br)c2)c1. The molecule has 2 rings (SSSR count). The van der Waals surface area contributed by atoms with E-state index in [-0.39, 0.29) is 18.4 Å². The van der Waals surface area contributed by atoms with Crippen LogP contribution in [0.2, 0.25) is 0 Å². The Balaban J connectivity index is 1.87. The van der Waals surface area contributed by atoms with Gasteiger partial charge in [0.25, 0.3) is 5.91 Å². The maximum Gasteiger partial charge on any atom is 0.251 e. The Bertz CT molecular complexity index is 704. The van der Waals surface area contributed by atoms with Gasteiger partial charge in [0, 0.05) is 22.8 Å². The van der Waals surface area contributed by atoms with Crippen LogP contribution in [0.3, 0.4) is 0 Å². The van der Waals surface area contributed by atoms with Crippen LogP contribution < -0.4 is 10.6 Å². The molecule has 0 spiro atoms. The number of hydrogen-bond acceptors (Lipinski definition) is 3. The first kappa shape index (κ1) is 17.2. The number of carbonyl (C=O) groups excluding carboxylic acids is 2. The van der Waals surface area contributed by atoms with E-state index in [4.69, 9.17) is 4.74 Å². The van der Waals surface area contributed by atoms with Gasteiger partial charge in [-0.1, -0.05) is 34.1 Å². The van der Waals surface area contributed by atoms with Gasteiger partial charge < -0.3 is 15.4 Å². The van der Waals surface area contributed by atoms with Crippen molar-refractivity contribution in [3.63, 3.8) is 0 Å². The van der Waals surface area contributed by atoms with Crippen molar-refractivity contribution < 1.29 is 14.3 Å². The number of halogens is 1. The molecular formula is C17H17BrN2O3. The van der Waals surface area contributed by atoms with Gasteiger partial charge in [0.2, 0.25) is 5.91 Å². The number of anilines is 1. The zero-order chi connectivity index (χ0) is 16.7. The van der Waals surface area contributed by atoms with Crippen molar-refractivity contribution in [3.8, 4) is 0 Å². The summed E-state index contributed by atoms with van der Waals surface area (Å²) in [5, 5.41) is 5.33. The summed E-state index contributed by atoms with van der Waals surface area (Å²) >= 11 is 3.30. The summed E-state index contributed by atoms with van der Waals surface area (Å²) in [6, 6.07) is 14.3. The molecule has 0 aliphatic heterocycles. The summed E-state index contributed by atoms with van der Waals surface area (Å²) in [4.78, 5) is 23.9. The van der Waals surface area contributed by atoms with Crippen LogP contribution in [0.15, 0.2) is 53.0 Å². The summed E-state index contributed by atoms with van der Waals surface area (Å²) in [6.07, 6.45) is 0. The average Bonchev–Trinajstić information content (AvgIpc) is 2.53. The smallest absolute Gasteiger partial charge is 0.251 e. The largest absolute Gasteiger partial charge is 0.380 e. The normalized spacial score (nSPS) is 10.2. The highest BCUT2D eigenvalue weighted by atomic mass is 79.9. The van der Waals surface area contributed by atoms with E-state index in [2.05, 4.69) is 26.6 Å². The van der Waals surface area contributed by atoms with Crippen LogP contribution >= 0.6 is 15.9 Å². The Kier molecular flexibility index (Phi) is 6.31. The Morgan fingerprint density at radius 3 is 2.65 bits per heavy atom. The lowest BCUT2D eigenvalue weighted by Crippen LogP contribution is -2.32. The van der Waals surface area contributed by atoms with Gasteiger partial charge in [0.15, 0.2) is 0 Å². The fourth-order valence-electron chi connectivity index (χ4n) is 2.00. The minimum absolute atomic E-state index is 0.0974. The molecule has 6 heteroatoms. The molecule has 23 heavy (non-hydrogen) atoms. The van der Waals surface area contributed by atoms with Crippen molar-refractivity contribution in [2.75, 3.05) is 19.0 Å². The predicted molar refractivity (Wildman–Crippen MR) is 92.3 cm³/mol. The lowest BCUT2D eigenvalue weighted by Gasteiger charge is -2.08. The third kappa shape index (κ3) is 5.50. The van der Waals surface area contributed by atoms with E-state index in [1.807, 2.05) is 24.3 Å². The molecule has 0 atom stereocenters. The molecule has 0 aliphatic carbocycles. The number of benzene rings is 2. The first-order valence-corrected chi connectivity index (χ1v) is 7.79. The first-order valence-electron chi connectivity index (χ1n) is 7.00. The highest BCUT2D eigenvalue weighted by Crippen LogP contribution is 2.12. The Hall–Kier alpha value is -2.18. The van der Waals surface area contributed by atoms with E-state index >= 15 is 0 Å². The molecule has 0 unspecified atom stereocenters. The highest BCUT2D eigenvalue weighted by molar-refractivity contribution is 9.10. The molecule has 0 aliphatic rings. The molecule has 2 amide bonds. The molecule has 2 aromatic carbocycles. The summed E-state index contributed by atoms with van der Waals surface area (Å²) in [7, 11) is 1.61. The molecular weight excluding hydrogens is 360 g/mol. The predicted octanol–water partition coefficient (Wildman–Crippen LogP) is 2.96. The molecule has 0 bridgehead atoms. The molecule has 0 heterocycles. The maximum absolute atomic E-state index is 12.0. The molecule has 2 aromatic rings. The monoisotopic (exact) mass is 376 g/mol. The van der Waals surface area contributed by atoms with Gasteiger partial charge in [0.05, 0.1) is 13.2 Å². The lowest BCUT2D eigenvalue weighted by molar-refractivity contribution is -0.115. The van der Waals surface area contributed by atoms with Crippen LogP contribution in [0.4, 0.5) is 5.69 Å². The summed E-state index contributed by atoms with van der Waals surface area (Å²) in [6.45, 7) is 0.378. The Morgan fingerprint density at radius 2 is 1.91 bits per heavy atom. The number of methoxy groups -OCH3 is 1. The zero-order valence-electron chi connectivity index (χ0n) is 12.6. The quantitative estimate of drug-likeness (QED) is 0.814. The summed E-state index contributed by atoms with van der Waals surface area (Å²) in [5.41, 5.74) is 2.12. The van der Waals surface area contributed by atoms with Gasteiger partial charge in [-0.15, -0.1) is 0 Å². The molecule has 0 radical (unpaired) electrons. The van der Waals surface area contributed by atoms with Crippen LogP contribution in [0, 0.1) is 0 Å². The van der Waals surface area contributed by atoms with E-state index < -0.39 is 0 Å². The fraction of sp³-hybridized carbons (Fsp3) is 0.176. The topological polar surface area (TPSA) is 67.4 Å². The van der Waals surface area contributed by atoms with Crippen molar-refractivity contribution in [3.05, 3.63) is 64.1 Å².